The van der Waals surface area contributed by atoms with Crippen LogP contribution in [0.2, 0.25) is 0 Å². The Morgan fingerprint density at radius 3 is 2.75 bits per heavy atom. The minimum absolute atomic E-state index is 0.0272. The van der Waals surface area contributed by atoms with Gasteiger partial charge in [-0.25, -0.2) is 9.78 Å². The molecule has 0 saturated heterocycles. The third kappa shape index (κ3) is 3.10. The Morgan fingerprint density at radius 2 is 1.96 bits per heavy atom. The van der Waals surface area contributed by atoms with Gasteiger partial charge >= 0.3 is 11.9 Å². The molecule has 138 valence electrons. The van der Waals surface area contributed by atoms with Gasteiger partial charge in [0.25, 0.3) is 5.89 Å². The molecule has 1 aliphatic rings. The smallest absolute Gasteiger partial charge is 0.337 e. The van der Waals surface area contributed by atoms with Crippen molar-refractivity contribution >= 4 is 17.6 Å². The summed E-state index contributed by atoms with van der Waals surface area (Å²) in [7, 11) is 0. The summed E-state index contributed by atoms with van der Waals surface area (Å²) in [6, 6.07) is 10.9. The fraction of sp³-hybridized carbons (Fsp3) is 0.0526. The maximum absolute atomic E-state index is 12.4. The molecule has 4 rings (SSSR count). The number of carbonyl (C=O) groups excluding carboxylic acids is 1. The van der Waals surface area contributed by atoms with Crippen LogP contribution >= 0.6 is 0 Å². The second kappa shape index (κ2) is 6.77. The van der Waals surface area contributed by atoms with Crippen LogP contribution in [0.5, 0.6) is 11.5 Å². The molecule has 0 bridgehead atoms. The van der Waals surface area contributed by atoms with Gasteiger partial charge in [-0.05, 0) is 36.4 Å². The van der Waals surface area contributed by atoms with E-state index in [4.69, 9.17) is 19.2 Å². The van der Waals surface area contributed by atoms with E-state index in [0.717, 1.165) is 0 Å². The second-order valence-electron chi connectivity index (χ2n) is 5.73. The first-order valence-electron chi connectivity index (χ1n) is 8.00. The van der Waals surface area contributed by atoms with Crippen LogP contribution in [0.15, 0.2) is 47.0 Å². The van der Waals surface area contributed by atoms with Gasteiger partial charge in [0.1, 0.15) is 0 Å². The molecule has 0 fully saturated rings. The number of anilines is 1. The van der Waals surface area contributed by atoms with Crippen LogP contribution in [0.4, 0.5) is 5.69 Å². The van der Waals surface area contributed by atoms with Gasteiger partial charge in [-0.3, -0.25) is 4.79 Å². The van der Waals surface area contributed by atoms with Gasteiger partial charge < -0.3 is 24.3 Å². The summed E-state index contributed by atoms with van der Waals surface area (Å²) >= 11 is 0. The minimum Gasteiger partial charge on any atom is -0.478 e. The highest BCUT2D eigenvalue weighted by Gasteiger charge is 2.20. The molecule has 9 heteroatoms. The molecule has 9 nitrogen and oxygen atoms in total. The number of hydrogen-bond donors (Lipinski definition) is 2. The average molecular weight is 377 g/mol. The highest BCUT2D eigenvalue weighted by atomic mass is 16.7. The number of nitrogens with one attached hydrogen (secondary N) is 1. The summed E-state index contributed by atoms with van der Waals surface area (Å²) in [6.45, 7) is 0.138. The Morgan fingerprint density at radius 1 is 1.14 bits per heavy atom. The van der Waals surface area contributed by atoms with E-state index in [1.807, 2.05) is 6.07 Å². The standard InChI is InChI=1S/C19H11N3O6/c20-7-10-1-3-13(12(5-10)19(24)25)22-17(23)18-21-8-16(28-18)11-2-4-14-15(6-11)27-9-26-14/h1-6,8H,9H2,(H,22,23)(H,24,25). The van der Waals surface area contributed by atoms with Crippen molar-refractivity contribution in [1.82, 2.24) is 4.98 Å². The van der Waals surface area contributed by atoms with Crippen molar-refractivity contribution in [3.8, 4) is 28.9 Å². The molecule has 0 aliphatic carbocycles. The molecule has 28 heavy (non-hydrogen) atoms. The van der Waals surface area contributed by atoms with E-state index in [0.29, 0.717) is 22.8 Å². The van der Waals surface area contributed by atoms with Gasteiger partial charge in [-0.15, -0.1) is 0 Å². The molecule has 2 heterocycles. The molecule has 0 spiro atoms. The molecule has 0 unspecified atom stereocenters. The van der Waals surface area contributed by atoms with Crippen molar-refractivity contribution in [3.05, 3.63) is 59.6 Å². The maximum Gasteiger partial charge on any atom is 0.337 e. The number of benzene rings is 2. The number of aromatic nitrogens is 1. The SMILES string of the molecule is N#Cc1ccc(NC(=O)c2ncc(-c3ccc4c(c3)OCO4)o2)c(C(=O)O)c1. The molecule has 3 aromatic rings. The van der Waals surface area contributed by atoms with Gasteiger partial charge in [-0.1, -0.05) is 0 Å². The Hall–Kier alpha value is -4.32. The average Bonchev–Trinajstić information content (AvgIpc) is 3.37. The van der Waals surface area contributed by atoms with E-state index >= 15 is 0 Å². The molecule has 2 aromatic carbocycles. The zero-order valence-corrected chi connectivity index (χ0v) is 14.1. The predicted molar refractivity (Wildman–Crippen MR) is 94.1 cm³/mol. The first-order chi connectivity index (χ1) is 13.5. The van der Waals surface area contributed by atoms with Crippen LogP contribution in [0.1, 0.15) is 26.6 Å². The number of amides is 1. The zero-order valence-electron chi connectivity index (χ0n) is 14.1. The van der Waals surface area contributed by atoms with Crippen molar-refractivity contribution in [1.29, 1.82) is 5.26 Å². The Bertz CT molecular complexity index is 1140. The molecule has 1 aromatic heterocycles. The quantitative estimate of drug-likeness (QED) is 0.708. The lowest BCUT2D eigenvalue weighted by Crippen LogP contribution is -2.15. The zero-order chi connectivity index (χ0) is 19.7. The molecule has 1 amide bonds. The van der Waals surface area contributed by atoms with Gasteiger partial charge in [-0.2, -0.15) is 5.26 Å². The maximum atomic E-state index is 12.4. The van der Waals surface area contributed by atoms with Crippen LogP contribution in [0, 0.1) is 11.3 Å². The summed E-state index contributed by atoms with van der Waals surface area (Å²) in [4.78, 5) is 27.7. The van der Waals surface area contributed by atoms with Crippen molar-refractivity contribution in [2.75, 3.05) is 12.1 Å². The van der Waals surface area contributed by atoms with Gasteiger partial charge in [0.15, 0.2) is 17.3 Å². The van der Waals surface area contributed by atoms with Crippen molar-refractivity contribution in [3.63, 3.8) is 0 Å². The van der Waals surface area contributed by atoms with Crippen LogP contribution in [0.25, 0.3) is 11.3 Å². The fourth-order valence-electron chi connectivity index (χ4n) is 2.64. The summed E-state index contributed by atoms with van der Waals surface area (Å²) in [6.07, 6.45) is 1.38. The number of aromatic carboxylic acids is 1. The van der Waals surface area contributed by atoms with E-state index in [1.165, 1.54) is 24.4 Å². The first-order valence-corrected chi connectivity index (χ1v) is 8.00. The van der Waals surface area contributed by atoms with E-state index in [2.05, 4.69) is 10.3 Å². The van der Waals surface area contributed by atoms with E-state index < -0.39 is 11.9 Å². The van der Waals surface area contributed by atoms with Gasteiger partial charge in [0, 0.05) is 5.56 Å². The van der Waals surface area contributed by atoms with Crippen LogP contribution < -0.4 is 14.8 Å². The van der Waals surface area contributed by atoms with E-state index in [9.17, 15) is 14.7 Å². The number of hydrogen-bond acceptors (Lipinski definition) is 7. The van der Waals surface area contributed by atoms with Crippen molar-refractivity contribution < 1.29 is 28.6 Å². The van der Waals surface area contributed by atoms with Crippen LogP contribution in [0.3, 0.4) is 0 Å². The Balaban J connectivity index is 1.57. The summed E-state index contributed by atoms with van der Waals surface area (Å²) in [5.41, 5.74) is 0.617. The molecule has 0 radical (unpaired) electrons. The highest BCUT2D eigenvalue weighted by molar-refractivity contribution is 6.05. The largest absolute Gasteiger partial charge is 0.478 e. The van der Waals surface area contributed by atoms with Crippen molar-refractivity contribution in [2.45, 2.75) is 0 Å². The predicted octanol–water partition coefficient (Wildman–Crippen LogP) is 2.89. The molecule has 0 saturated carbocycles. The summed E-state index contributed by atoms with van der Waals surface area (Å²) in [5, 5.41) is 20.6. The topological polar surface area (TPSA) is 135 Å². The third-order valence-electron chi connectivity index (χ3n) is 3.98. The number of rotatable bonds is 4. The van der Waals surface area contributed by atoms with Crippen LogP contribution in [-0.4, -0.2) is 28.8 Å². The minimum atomic E-state index is -1.28. The molecular formula is C19H11N3O6. The number of carbonyl (C=O) groups is 2. The fourth-order valence-corrected chi connectivity index (χ4v) is 2.64. The number of carboxylic acids is 1. The lowest BCUT2D eigenvalue weighted by molar-refractivity contribution is 0.0698. The first kappa shape index (κ1) is 17.1. The second-order valence-corrected chi connectivity index (χ2v) is 5.73. The third-order valence-corrected chi connectivity index (χ3v) is 3.98. The normalized spacial score (nSPS) is 11.7. The Labute approximate surface area is 157 Å². The Kier molecular flexibility index (Phi) is 4.14. The number of ether oxygens (including phenoxy) is 2. The highest BCUT2D eigenvalue weighted by Crippen LogP contribution is 2.36. The van der Waals surface area contributed by atoms with Crippen molar-refractivity contribution in [2.24, 2.45) is 0 Å². The number of nitriles is 1. The van der Waals surface area contributed by atoms with E-state index in [-0.39, 0.29) is 29.5 Å². The van der Waals surface area contributed by atoms with E-state index in [1.54, 1.807) is 18.2 Å². The number of nitrogens with zero attached hydrogens (tertiary/aromatic N) is 2. The lowest BCUT2D eigenvalue weighted by atomic mass is 10.1. The number of fused-ring (bicyclic) bond motifs is 1. The molecular weight excluding hydrogens is 366 g/mol. The summed E-state index contributed by atoms with van der Waals surface area (Å²) < 4.78 is 16.0. The van der Waals surface area contributed by atoms with Gasteiger partial charge in [0.05, 0.1) is 29.1 Å². The molecule has 2 N–H and O–H groups in total. The molecule has 0 atom stereocenters. The van der Waals surface area contributed by atoms with Gasteiger partial charge in [0.2, 0.25) is 6.79 Å². The summed E-state index contributed by atoms with van der Waals surface area (Å²) in [5.74, 6) is -0.734. The number of carboxylic acid groups (broad SMARTS) is 1. The lowest BCUT2D eigenvalue weighted by Gasteiger charge is -2.07. The monoisotopic (exact) mass is 377 g/mol. The number of oxazole rings is 1. The molecule has 1 aliphatic heterocycles. The van der Waals surface area contributed by atoms with Crippen LogP contribution in [-0.2, 0) is 0 Å².